The van der Waals surface area contributed by atoms with E-state index in [1.54, 1.807) is 6.08 Å². The van der Waals surface area contributed by atoms with Gasteiger partial charge in [-0.1, -0.05) is 19.9 Å². The van der Waals surface area contributed by atoms with Gasteiger partial charge in [-0.25, -0.2) is 0 Å². The maximum Gasteiger partial charge on any atom is 0.0908 e. The van der Waals surface area contributed by atoms with E-state index in [1.807, 2.05) is 12.1 Å². The highest BCUT2D eigenvalue weighted by molar-refractivity contribution is 5.03. The van der Waals surface area contributed by atoms with E-state index in [4.69, 9.17) is 5.26 Å². The molecule has 0 aromatic heterocycles. The summed E-state index contributed by atoms with van der Waals surface area (Å²) in [7, 11) is 0. The fraction of sp³-hybridized carbons (Fsp3) is 0.625. The minimum absolute atomic E-state index is 0.602. The number of hydrogen-bond donors (Lipinski definition) is 0. The van der Waals surface area contributed by atoms with Crippen molar-refractivity contribution in [3.05, 3.63) is 12.2 Å². The first-order valence-electron chi connectivity index (χ1n) is 3.41. The molecule has 1 nitrogen and oxygen atoms in total. The van der Waals surface area contributed by atoms with Gasteiger partial charge in [0.25, 0.3) is 0 Å². The van der Waals surface area contributed by atoms with E-state index >= 15 is 0 Å². The summed E-state index contributed by atoms with van der Waals surface area (Å²) in [5, 5.41) is 8.17. The lowest BCUT2D eigenvalue weighted by Crippen LogP contribution is -1.89. The predicted molar refractivity (Wildman–Crippen MR) is 38.8 cm³/mol. The van der Waals surface area contributed by atoms with Crippen LogP contribution in [0.3, 0.4) is 0 Å². The number of hydrogen-bond acceptors (Lipinski definition) is 1. The predicted octanol–water partition coefficient (Wildman–Crippen LogP) is 2.50. The van der Waals surface area contributed by atoms with Crippen molar-refractivity contribution in [1.29, 1.82) is 5.26 Å². The Balaban J connectivity index is 3.57. The van der Waals surface area contributed by atoms with Crippen LogP contribution >= 0.6 is 0 Å². The maximum absolute atomic E-state index is 8.17. The molecule has 9 heavy (non-hydrogen) atoms. The van der Waals surface area contributed by atoms with E-state index in [1.165, 1.54) is 0 Å². The van der Waals surface area contributed by atoms with Crippen molar-refractivity contribution in [1.82, 2.24) is 0 Å². The van der Waals surface area contributed by atoms with Crippen LogP contribution in [0.2, 0.25) is 0 Å². The summed E-state index contributed by atoms with van der Waals surface area (Å²) in [4.78, 5) is 0. The van der Waals surface area contributed by atoms with Gasteiger partial charge in [-0.05, 0) is 18.8 Å². The number of allylic oxidation sites excluding steroid dienone is 2. The number of nitrogens with zero attached hydrogens (tertiary/aromatic N) is 1. The van der Waals surface area contributed by atoms with Gasteiger partial charge in [0.05, 0.1) is 6.07 Å². The average molecular weight is 123 g/mol. The van der Waals surface area contributed by atoms with Crippen LogP contribution < -0.4 is 0 Å². The highest BCUT2D eigenvalue weighted by Gasteiger charge is 1.94. The van der Waals surface area contributed by atoms with Crippen molar-refractivity contribution < 1.29 is 0 Å². The van der Waals surface area contributed by atoms with E-state index in [0.29, 0.717) is 5.92 Å². The zero-order valence-corrected chi connectivity index (χ0v) is 6.09. The summed E-state index contributed by atoms with van der Waals surface area (Å²) in [5.41, 5.74) is 0. The second kappa shape index (κ2) is 5.37. The van der Waals surface area contributed by atoms with E-state index in [2.05, 4.69) is 13.8 Å². The molecule has 0 spiro atoms. The molecule has 0 atom stereocenters. The number of nitriles is 1. The molecule has 0 bridgehead atoms. The highest BCUT2D eigenvalue weighted by Crippen LogP contribution is 2.07. The van der Waals surface area contributed by atoms with E-state index in [-0.39, 0.29) is 0 Å². The molecule has 0 radical (unpaired) electrons. The summed E-state index contributed by atoms with van der Waals surface area (Å²) in [6.45, 7) is 4.27. The molecule has 0 heterocycles. The molecule has 50 valence electrons. The van der Waals surface area contributed by atoms with Crippen LogP contribution in [0, 0.1) is 17.2 Å². The molecule has 0 unspecified atom stereocenters. The van der Waals surface area contributed by atoms with Gasteiger partial charge in [0.1, 0.15) is 0 Å². The van der Waals surface area contributed by atoms with Crippen molar-refractivity contribution in [3.63, 3.8) is 0 Å². The topological polar surface area (TPSA) is 23.8 Å². The molecule has 0 aromatic rings. The Hall–Kier alpha value is -0.770. The van der Waals surface area contributed by atoms with Gasteiger partial charge in [0.15, 0.2) is 0 Å². The lowest BCUT2D eigenvalue weighted by molar-refractivity contribution is 0.606. The molecule has 0 saturated heterocycles. The van der Waals surface area contributed by atoms with Gasteiger partial charge in [0, 0.05) is 6.08 Å². The van der Waals surface area contributed by atoms with Crippen LogP contribution in [0.1, 0.15) is 26.7 Å². The number of rotatable bonds is 3. The average Bonchev–Trinajstić information content (AvgIpc) is 1.91. The second-order valence-electron chi connectivity index (χ2n) is 2.06. The van der Waals surface area contributed by atoms with E-state index in [9.17, 15) is 0 Å². The summed E-state index contributed by atoms with van der Waals surface area (Å²) >= 11 is 0. The normalized spacial score (nSPS) is 10.4. The third-order valence-corrected chi connectivity index (χ3v) is 1.49. The Kier molecular flexibility index (Phi) is 4.91. The van der Waals surface area contributed by atoms with Crippen LogP contribution in [-0.4, -0.2) is 0 Å². The fourth-order valence-electron chi connectivity index (χ4n) is 0.740. The third-order valence-electron chi connectivity index (χ3n) is 1.49. The Bertz CT molecular complexity index is 115. The molecule has 0 aliphatic heterocycles. The van der Waals surface area contributed by atoms with Crippen LogP contribution in [0.5, 0.6) is 0 Å². The summed E-state index contributed by atoms with van der Waals surface area (Å²) in [6.07, 6.45) is 5.81. The monoisotopic (exact) mass is 123 g/mol. The quantitative estimate of drug-likeness (QED) is 0.529. The standard InChI is InChI=1S/C8H13N/c1-3-8(4-2)6-5-7-9/h5-6,8H,3-4H2,1-2H3. The van der Waals surface area contributed by atoms with Gasteiger partial charge in [-0.2, -0.15) is 5.26 Å². The lowest BCUT2D eigenvalue weighted by atomic mass is 10.0. The molecule has 0 N–H and O–H groups in total. The van der Waals surface area contributed by atoms with Crippen molar-refractivity contribution in [2.24, 2.45) is 5.92 Å². The van der Waals surface area contributed by atoms with E-state index in [0.717, 1.165) is 12.8 Å². The first-order chi connectivity index (χ1) is 4.35. The largest absolute Gasteiger partial charge is 0.193 e. The molecule has 0 amide bonds. The Morgan fingerprint density at radius 1 is 1.44 bits per heavy atom. The van der Waals surface area contributed by atoms with Gasteiger partial charge in [-0.15, -0.1) is 0 Å². The Labute approximate surface area is 57.0 Å². The van der Waals surface area contributed by atoms with Crippen molar-refractivity contribution in [3.8, 4) is 6.07 Å². The molecular weight excluding hydrogens is 110 g/mol. The van der Waals surface area contributed by atoms with Crippen molar-refractivity contribution in [2.75, 3.05) is 0 Å². The first kappa shape index (κ1) is 8.23. The molecule has 0 fully saturated rings. The van der Waals surface area contributed by atoms with Crippen LogP contribution in [0.4, 0.5) is 0 Å². The third kappa shape index (κ3) is 3.78. The van der Waals surface area contributed by atoms with Crippen molar-refractivity contribution >= 4 is 0 Å². The van der Waals surface area contributed by atoms with Gasteiger partial charge in [-0.3, -0.25) is 0 Å². The maximum atomic E-state index is 8.17. The zero-order valence-electron chi connectivity index (χ0n) is 6.09. The Morgan fingerprint density at radius 3 is 2.33 bits per heavy atom. The highest BCUT2D eigenvalue weighted by atomic mass is 14.2. The molecule has 0 aliphatic carbocycles. The smallest absolute Gasteiger partial charge is 0.0908 e. The van der Waals surface area contributed by atoms with Gasteiger partial charge < -0.3 is 0 Å². The SMILES string of the molecule is CCC(C=CC#N)CC. The molecule has 0 aliphatic rings. The molecule has 0 aromatic carbocycles. The van der Waals surface area contributed by atoms with Crippen LogP contribution in [-0.2, 0) is 0 Å². The Morgan fingerprint density at radius 2 is 2.00 bits per heavy atom. The van der Waals surface area contributed by atoms with E-state index < -0.39 is 0 Å². The minimum atomic E-state index is 0.602. The molecule has 1 heteroatoms. The fourth-order valence-corrected chi connectivity index (χ4v) is 0.740. The summed E-state index contributed by atoms with van der Waals surface area (Å²) < 4.78 is 0. The molecule has 0 saturated carbocycles. The van der Waals surface area contributed by atoms with Crippen molar-refractivity contribution in [2.45, 2.75) is 26.7 Å². The summed E-state index contributed by atoms with van der Waals surface area (Å²) in [6, 6.07) is 1.99. The minimum Gasteiger partial charge on any atom is -0.193 e. The first-order valence-corrected chi connectivity index (χ1v) is 3.41. The van der Waals surface area contributed by atoms with Crippen LogP contribution in [0.15, 0.2) is 12.2 Å². The van der Waals surface area contributed by atoms with Crippen LogP contribution in [0.25, 0.3) is 0 Å². The summed E-state index contributed by atoms with van der Waals surface area (Å²) in [5.74, 6) is 0.602. The second-order valence-corrected chi connectivity index (χ2v) is 2.06. The molecular formula is C8H13N. The zero-order chi connectivity index (χ0) is 7.11. The van der Waals surface area contributed by atoms with Gasteiger partial charge in [0.2, 0.25) is 0 Å². The van der Waals surface area contributed by atoms with Gasteiger partial charge >= 0.3 is 0 Å². The molecule has 0 rings (SSSR count). The lowest BCUT2D eigenvalue weighted by Gasteiger charge is -2.02.